The molecule has 1 aromatic rings. The maximum Gasteiger partial charge on any atom is 0.384 e. The second-order valence-electron chi connectivity index (χ2n) is 7.28. The number of ether oxygens (including phenoxy) is 1. The molecular formula is C23H28N2O4. The fraction of sp³-hybridized carbons (Fsp3) is 0.348. The third-order valence-corrected chi connectivity index (χ3v) is 3.46. The van der Waals surface area contributed by atoms with Crippen molar-refractivity contribution in [1.82, 2.24) is 5.32 Å². The van der Waals surface area contributed by atoms with E-state index in [0.717, 1.165) is 5.56 Å². The Morgan fingerprint density at radius 3 is 2.48 bits per heavy atom. The Labute approximate surface area is 172 Å². The van der Waals surface area contributed by atoms with E-state index in [1.807, 2.05) is 36.4 Å². The van der Waals surface area contributed by atoms with Crippen molar-refractivity contribution in [3.63, 3.8) is 0 Å². The van der Waals surface area contributed by atoms with Crippen LogP contribution in [0.15, 0.2) is 54.6 Å². The molecule has 29 heavy (non-hydrogen) atoms. The van der Waals surface area contributed by atoms with Gasteiger partial charge in [-0.1, -0.05) is 54.5 Å². The molecule has 0 unspecified atom stereocenters. The number of benzene rings is 1. The predicted molar refractivity (Wildman–Crippen MR) is 112 cm³/mol. The number of hydrogen-bond donors (Lipinski definition) is 2. The van der Waals surface area contributed by atoms with E-state index in [4.69, 9.17) is 10.5 Å². The molecule has 0 heterocycles. The average Bonchev–Trinajstić information content (AvgIpc) is 2.62. The first-order chi connectivity index (χ1) is 13.7. The van der Waals surface area contributed by atoms with Gasteiger partial charge in [0.15, 0.2) is 0 Å². The maximum atomic E-state index is 12.0. The number of unbranched alkanes of at least 4 members (excludes halogenated alkanes) is 1. The van der Waals surface area contributed by atoms with E-state index in [1.54, 1.807) is 32.9 Å². The van der Waals surface area contributed by atoms with Crippen molar-refractivity contribution in [2.24, 2.45) is 5.73 Å². The topological polar surface area (TPSA) is 98.5 Å². The van der Waals surface area contributed by atoms with E-state index in [9.17, 15) is 14.4 Å². The molecule has 3 N–H and O–H groups in total. The minimum atomic E-state index is -0.776. The first-order valence-electron chi connectivity index (χ1n) is 9.36. The van der Waals surface area contributed by atoms with Gasteiger partial charge in [-0.3, -0.25) is 9.59 Å². The van der Waals surface area contributed by atoms with Gasteiger partial charge in [0.05, 0.1) is 0 Å². The van der Waals surface area contributed by atoms with Crippen LogP contribution in [0.3, 0.4) is 0 Å². The van der Waals surface area contributed by atoms with Crippen LogP contribution in [0.5, 0.6) is 0 Å². The Morgan fingerprint density at radius 2 is 1.86 bits per heavy atom. The molecule has 0 radical (unpaired) electrons. The molecular weight excluding hydrogens is 368 g/mol. The number of hydrogen-bond acceptors (Lipinski definition) is 4. The SMILES string of the molecule is CC(C)(C)OC(=O)C#CCC/C=C/C=C/C(=O)N[C@@H](Cc1ccccc1)C(N)=O. The minimum Gasteiger partial charge on any atom is -0.450 e. The van der Waals surface area contributed by atoms with Crippen LogP contribution in [-0.4, -0.2) is 29.4 Å². The molecule has 1 atom stereocenters. The summed E-state index contributed by atoms with van der Waals surface area (Å²) in [7, 11) is 0. The number of primary amides is 1. The number of allylic oxidation sites excluding steroid dienone is 3. The highest BCUT2D eigenvalue weighted by molar-refractivity contribution is 5.92. The van der Waals surface area contributed by atoms with Gasteiger partial charge in [-0.2, -0.15) is 0 Å². The molecule has 0 fully saturated rings. The predicted octanol–water partition coefficient (Wildman–Crippen LogP) is 2.44. The van der Waals surface area contributed by atoms with Crippen molar-refractivity contribution in [2.45, 2.75) is 51.7 Å². The van der Waals surface area contributed by atoms with Crippen molar-refractivity contribution >= 4 is 17.8 Å². The Morgan fingerprint density at radius 1 is 1.17 bits per heavy atom. The summed E-state index contributed by atoms with van der Waals surface area (Å²) in [6.07, 6.45) is 7.87. The van der Waals surface area contributed by atoms with E-state index in [-0.39, 0.29) is 0 Å². The lowest BCUT2D eigenvalue weighted by Gasteiger charge is -2.16. The zero-order valence-electron chi connectivity index (χ0n) is 17.1. The molecule has 1 aromatic carbocycles. The molecule has 0 aromatic heterocycles. The normalized spacial score (nSPS) is 12.2. The summed E-state index contributed by atoms with van der Waals surface area (Å²) in [5, 5.41) is 2.60. The summed E-state index contributed by atoms with van der Waals surface area (Å²) in [4.78, 5) is 34.9. The van der Waals surface area contributed by atoms with Crippen molar-refractivity contribution in [3.05, 3.63) is 60.2 Å². The number of carbonyl (C=O) groups is 3. The zero-order valence-corrected chi connectivity index (χ0v) is 17.1. The third kappa shape index (κ3) is 11.9. The van der Waals surface area contributed by atoms with Crippen LogP contribution in [-0.2, 0) is 25.5 Å². The van der Waals surface area contributed by atoms with E-state index in [2.05, 4.69) is 17.2 Å². The molecule has 154 valence electrons. The summed E-state index contributed by atoms with van der Waals surface area (Å²) >= 11 is 0. The van der Waals surface area contributed by atoms with Crippen LogP contribution in [0.2, 0.25) is 0 Å². The Bertz CT molecular complexity index is 809. The van der Waals surface area contributed by atoms with Crippen LogP contribution in [0.1, 0.15) is 39.2 Å². The van der Waals surface area contributed by atoms with Crippen LogP contribution < -0.4 is 11.1 Å². The van der Waals surface area contributed by atoms with Crippen molar-refractivity contribution < 1.29 is 19.1 Å². The zero-order chi connectivity index (χ0) is 21.7. The van der Waals surface area contributed by atoms with E-state index in [0.29, 0.717) is 19.3 Å². The Balaban J connectivity index is 2.38. The number of amides is 2. The van der Waals surface area contributed by atoms with Crippen molar-refractivity contribution in [3.8, 4) is 11.8 Å². The first-order valence-corrected chi connectivity index (χ1v) is 9.36. The number of esters is 1. The van der Waals surface area contributed by atoms with Crippen LogP contribution in [0.4, 0.5) is 0 Å². The number of rotatable bonds is 8. The molecule has 0 spiro atoms. The lowest BCUT2D eigenvalue weighted by molar-refractivity contribution is -0.147. The quantitative estimate of drug-likeness (QED) is 0.176. The fourth-order valence-electron chi connectivity index (χ4n) is 2.20. The lowest BCUT2D eigenvalue weighted by Crippen LogP contribution is -2.45. The molecule has 6 nitrogen and oxygen atoms in total. The summed E-state index contributed by atoms with van der Waals surface area (Å²) in [6.45, 7) is 5.35. The number of nitrogens with one attached hydrogen (secondary N) is 1. The Hall–Kier alpha value is -3.33. The highest BCUT2D eigenvalue weighted by Gasteiger charge is 2.17. The number of nitrogens with two attached hydrogens (primary N) is 1. The van der Waals surface area contributed by atoms with Crippen LogP contribution in [0, 0.1) is 11.8 Å². The molecule has 0 saturated heterocycles. The second-order valence-corrected chi connectivity index (χ2v) is 7.28. The minimum absolute atomic E-state index is 0.335. The number of carbonyl (C=O) groups excluding carboxylic acids is 3. The summed E-state index contributed by atoms with van der Waals surface area (Å²) in [5.41, 5.74) is 5.73. The molecule has 2 amide bonds. The fourth-order valence-corrected chi connectivity index (χ4v) is 2.20. The largest absolute Gasteiger partial charge is 0.450 e. The van der Waals surface area contributed by atoms with Gasteiger partial charge < -0.3 is 15.8 Å². The maximum absolute atomic E-state index is 12.0. The van der Waals surface area contributed by atoms with E-state index >= 15 is 0 Å². The molecule has 0 aliphatic heterocycles. The summed E-state index contributed by atoms with van der Waals surface area (Å²) < 4.78 is 5.08. The molecule has 0 bridgehead atoms. The van der Waals surface area contributed by atoms with Gasteiger partial charge in [0.2, 0.25) is 11.8 Å². The van der Waals surface area contributed by atoms with Crippen LogP contribution in [0.25, 0.3) is 0 Å². The van der Waals surface area contributed by atoms with Crippen molar-refractivity contribution in [1.29, 1.82) is 0 Å². The highest BCUT2D eigenvalue weighted by Crippen LogP contribution is 2.06. The lowest BCUT2D eigenvalue weighted by atomic mass is 10.1. The van der Waals surface area contributed by atoms with Gasteiger partial charge in [-0.05, 0) is 32.8 Å². The monoisotopic (exact) mass is 396 g/mol. The molecule has 0 saturated carbocycles. The van der Waals surface area contributed by atoms with Gasteiger partial charge >= 0.3 is 5.97 Å². The first kappa shape index (κ1) is 23.7. The van der Waals surface area contributed by atoms with Gasteiger partial charge in [-0.25, -0.2) is 4.79 Å². The molecule has 0 aliphatic carbocycles. The summed E-state index contributed by atoms with van der Waals surface area (Å²) in [6, 6.07) is 8.55. The smallest absolute Gasteiger partial charge is 0.384 e. The van der Waals surface area contributed by atoms with Gasteiger partial charge in [-0.15, -0.1) is 0 Å². The second kappa shape index (κ2) is 12.2. The molecule has 1 rings (SSSR count). The van der Waals surface area contributed by atoms with Crippen LogP contribution >= 0.6 is 0 Å². The van der Waals surface area contributed by atoms with E-state index in [1.165, 1.54) is 6.08 Å². The van der Waals surface area contributed by atoms with E-state index < -0.39 is 29.4 Å². The van der Waals surface area contributed by atoms with Gasteiger partial charge in [0.25, 0.3) is 0 Å². The summed E-state index contributed by atoms with van der Waals surface area (Å²) in [5.74, 6) is 3.63. The molecule has 6 heteroatoms. The van der Waals surface area contributed by atoms with Crippen molar-refractivity contribution in [2.75, 3.05) is 0 Å². The average molecular weight is 396 g/mol. The standard InChI is InChI=1S/C23H28N2O4/c1-23(2,3)29-21(27)16-12-7-5-4-6-11-15-20(26)25-19(22(24)28)17-18-13-9-8-10-14-18/h4,6,8-11,13-15,19H,5,7,17H2,1-3H3,(H2,24,28)(H,25,26)/b6-4+,15-11+/t19-/m0/s1. The van der Waals surface area contributed by atoms with Gasteiger partial charge in [0.1, 0.15) is 11.6 Å². The van der Waals surface area contributed by atoms with Gasteiger partial charge in [0, 0.05) is 24.8 Å². The Kier molecular flexibility index (Phi) is 9.97. The highest BCUT2D eigenvalue weighted by atomic mass is 16.6. The third-order valence-electron chi connectivity index (χ3n) is 3.46. The molecule has 0 aliphatic rings.